The van der Waals surface area contributed by atoms with E-state index in [0.717, 1.165) is 0 Å². The van der Waals surface area contributed by atoms with Crippen LogP contribution in [0.1, 0.15) is 0 Å². The Kier molecular flexibility index (Phi) is 2.88. The van der Waals surface area contributed by atoms with Gasteiger partial charge in [0.25, 0.3) is 0 Å². The molecule has 0 spiro atoms. The van der Waals surface area contributed by atoms with Crippen LogP contribution in [0.5, 0.6) is 5.75 Å². The van der Waals surface area contributed by atoms with E-state index in [2.05, 4.69) is 4.18 Å². The van der Waals surface area contributed by atoms with Gasteiger partial charge in [0.1, 0.15) is 12.4 Å². The van der Waals surface area contributed by atoms with E-state index in [1.54, 1.807) is 0 Å². The molecule has 0 aromatic heterocycles. The van der Waals surface area contributed by atoms with Gasteiger partial charge in [-0.25, -0.2) is 4.79 Å². The zero-order chi connectivity index (χ0) is 12.5. The molecule has 0 atom stereocenters. The van der Waals surface area contributed by atoms with Crippen molar-refractivity contribution < 1.29 is 26.0 Å². The number of ether oxygens (including phenoxy) is 1. The lowest BCUT2D eigenvalue weighted by Crippen LogP contribution is -2.23. The molecule has 92 valence electrons. The highest BCUT2D eigenvalue weighted by atomic mass is 32.3. The number of cyclic esters (lactones) is 1. The van der Waals surface area contributed by atoms with Crippen LogP contribution in [0.25, 0.3) is 0 Å². The first-order chi connectivity index (χ1) is 7.96. The number of anilines is 1. The van der Waals surface area contributed by atoms with Gasteiger partial charge in [-0.2, -0.15) is 8.42 Å². The van der Waals surface area contributed by atoms with Crippen molar-refractivity contribution in [3.05, 3.63) is 24.3 Å². The summed E-state index contributed by atoms with van der Waals surface area (Å²) in [5.74, 6) is -0.163. The number of amides is 1. The summed E-state index contributed by atoms with van der Waals surface area (Å²) < 4.78 is 41.4. The topological polar surface area (TPSA) is 72.9 Å². The second-order valence-electron chi connectivity index (χ2n) is 3.24. The molecule has 2 rings (SSSR count). The fourth-order valence-corrected chi connectivity index (χ4v) is 1.77. The van der Waals surface area contributed by atoms with Crippen LogP contribution < -0.4 is 9.08 Å². The standard InChI is InChI=1S/C9H8FNO5S/c10-17(13,14)16-8-3-1-7(2-4-8)11-5-6-15-9(11)12/h1-4H,5-6H2. The largest absolute Gasteiger partial charge is 0.488 e. The van der Waals surface area contributed by atoms with E-state index in [9.17, 15) is 17.1 Å². The van der Waals surface area contributed by atoms with Crippen molar-refractivity contribution in [3.63, 3.8) is 0 Å². The Morgan fingerprint density at radius 1 is 1.29 bits per heavy atom. The van der Waals surface area contributed by atoms with Gasteiger partial charge in [0, 0.05) is 5.69 Å². The molecule has 0 N–H and O–H groups in total. The van der Waals surface area contributed by atoms with Crippen LogP contribution in [0.15, 0.2) is 24.3 Å². The second kappa shape index (κ2) is 4.21. The maximum atomic E-state index is 12.2. The fraction of sp³-hybridized carbons (Fsp3) is 0.222. The summed E-state index contributed by atoms with van der Waals surface area (Å²) in [7, 11) is -5.03. The average molecular weight is 261 g/mol. The normalized spacial score (nSPS) is 15.8. The van der Waals surface area contributed by atoms with E-state index in [0.29, 0.717) is 18.8 Å². The zero-order valence-electron chi connectivity index (χ0n) is 8.50. The molecule has 1 aliphatic heterocycles. The number of hydrogen-bond acceptors (Lipinski definition) is 5. The zero-order valence-corrected chi connectivity index (χ0v) is 9.31. The van der Waals surface area contributed by atoms with Crippen LogP contribution in [0, 0.1) is 0 Å². The predicted molar refractivity (Wildman–Crippen MR) is 55.8 cm³/mol. The van der Waals surface area contributed by atoms with Crippen molar-refractivity contribution in [2.45, 2.75) is 0 Å². The summed E-state index contributed by atoms with van der Waals surface area (Å²) in [6.45, 7) is 0.719. The van der Waals surface area contributed by atoms with Gasteiger partial charge in [0.05, 0.1) is 6.54 Å². The highest BCUT2D eigenvalue weighted by Gasteiger charge is 2.23. The van der Waals surface area contributed by atoms with Crippen molar-refractivity contribution in [3.8, 4) is 5.75 Å². The minimum absolute atomic E-state index is 0.163. The lowest BCUT2D eigenvalue weighted by Gasteiger charge is -2.12. The molecule has 0 saturated carbocycles. The molecular weight excluding hydrogens is 253 g/mol. The fourth-order valence-electron chi connectivity index (χ4n) is 1.42. The molecule has 0 aliphatic carbocycles. The smallest absolute Gasteiger partial charge is 0.447 e. The minimum Gasteiger partial charge on any atom is -0.447 e. The van der Waals surface area contributed by atoms with Gasteiger partial charge >= 0.3 is 16.6 Å². The number of hydrogen-bond donors (Lipinski definition) is 0. The third kappa shape index (κ3) is 2.84. The first-order valence-corrected chi connectivity index (χ1v) is 5.95. The van der Waals surface area contributed by atoms with E-state index < -0.39 is 16.6 Å². The Hall–Kier alpha value is -1.83. The summed E-state index contributed by atoms with van der Waals surface area (Å²) in [6, 6.07) is 5.37. The maximum Gasteiger partial charge on any atom is 0.488 e. The third-order valence-electron chi connectivity index (χ3n) is 2.10. The molecule has 1 aromatic rings. The molecular formula is C9H8FNO5S. The van der Waals surface area contributed by atoms with Crippen molar-refractivity contribution in [1.29, 1.82) is 0 Å². The Balaban J connectivity index is 2.15. The Morgan fingerprint density at radius 2 is 1.94 bits per heavy atom. The summed E-state index contributed by atoms with van der Waals surface area (Å²) in [4.78, 5) is 12.6. The third-order valence-corrected chi connectivity index (χ3v) is 2.50. The molecule has 1 saturated heterocycles. The highest BCUT2D eigenvalue weighted by molar-refractivity contribution is 7.81. The van der Waals surface area contributed by atoms with Crippen LogP contribution in [-0.4, -0.2) is 27.7 Å². The van der Waals surface area contributed by atoms with E-state index in [1.165, 1.54) is 29.2 Å². The van der Waals surface area contributed by atoms with Crippen molar-refractivity contribution in [2.75, 3.05) is 18.1 Å². The van der Waals surface area contributed by atoms with Gasteiger partial charge in [-0.3, -0.25) is 4.90 Å². The van der Waals surface area contributed by atoms with E-state index in [-0.39, 0.29) is 5.75 Å². The van der Waals surface area contributed by atoms with Crippen molar-refractivity contribution in [2.24, 2.45) is 0 Å². The molecule has 1 aliphatic rings. The predicted octanol–water partition coefficient (Wildman–Crippen LogP) is 1.24. The first kappa shape index (κ1) is 11.6. The maximum absolute atomic E-state index is 12.2. The molecule has 0 unspecified atom stereocenters. The van der Waals surface area contributed by atoms with Crippen LogP contribution in [0.4, 0.5) is 14.4 Å². The summed E-state index contributed by atoms with van der Waals surface area (Å²) in [5, 5.41) is 0. The van der Waals surface area contributed by atoms with E-state index >= 15 is 0 Å². The number of benzene rings is 1. The van der Waals surface area contributed by atoms with Crippen LogP contribution >= 0.6 is 0 Å². The van der Waals surface area contributed by atoms with Crippen LogP contribution in [-0.2, 0) is 15.2 Å². The molecule has 8 heteroatoms. The number of carbonyl (C=O) groups is 1. The van der Waals surface area contributed by atoms with Gasteiger partial charge in [-0.1, -0.05) is 3.89 Å². The molecule has 17 heavy (non-hydrogen) atoms. The Labute approximate surface area is 97.0 Å². The average Bonchev–Trinajstić information content (AvgIpc) is 2.63. The highest BCUT2D eigenvalue weighted by Crippen LogP contribution is 2.22. The number of carbonyl (C=O) groups excluding carboxylic acids is 1. The first-order valence-electron chi connectivity index (χ1n) is 4.64. The number of nitrogens with zero attached hydrogens (tertiary/aromatic N) is 1. The quantitative estimate of drug-likeness (QED) is 0.765. The molecule has 1 heterocycles. The lowest BCUT2D eigenvalue weighted by molar-refractivity contribution is 0.181. The summed E-state index contributed by atoms with van der Waals surface area (Å²) in [6.07, 6.45) is -0.475. The molecule has 1 fully saturated rings. The lowest BCUT2D eigenvalue weighted by atomic mass is 10.3. The van der Waals surface area contributed by atoms with Crippen LogP contribution in [0.2, 0.25) is 0 Å². The van der Waals surface area contributed by atoms with Gasteiger partial charge in [0.2, 0.25) is 0 Å². The Morgan fingerprint density at radius 3 is 2.41 bits per heavy atom. The van der Waals surface area contributed by atoms with E-state index in [4.69, 9.17) is 4.74 Å². The van der Waals surface area contributed by atoms with Crippen molar-refractivity contribution >= 4 is 22.3 Å². The summed E-state index contributed by atoms with van der Waals surface area (Å²) >= 11 is 0. The van der Waals surface area contributed by atoms with Gasteiger partial charge in [-0.05, 0) is 24.3 Å². The molecule has 1 amide bonds. The minimum atomic E-state index is -5.03. The van der Waals surface area contributed by atoms with E-state index in [1.807, 2.05) is 0 Å². The van der Waals surface area contributed by atoms with Gasteiger partial charge in [0.15, 0.2) is 0 Å². The van der Waals surface area contributed by atoms with Crippen LogP contribution in [0.3, 0.4) is 0 Å². The number of halogens is 1. The monoisotopic (exact) mass is 261 g/mol. The number of rotatable bonds is 3. The SMILES string of the molecule is O=C1OCCN1c1ccc(OS(=O)(=O)F)cc1. The van der Waals surface area contributed by atoms with Gasteiger partial charge in [-0.15, -0.1) is 0 Å². The van der Waals surface area contributed by atoms with Crippen molar-refractivity contribution in [1.82, 2.24) is 0 Å². The molecule has 0 bridgehead atoms. The molecule has 6 nitrogen and oxygen atoms in total. The molecule has 0 radical (unpaired) electrons. The molecule has 1 aromatic carbocycles. The van der Waals surface area contributed by atoms with Gasteiger partial charge < -0.3 is 8.92 Å². The summed E-state index contributed by atoms with van der Waals surface area (Å²) in [5.41, 5.74) is 0.524. The second-order valence-corrected chi connectivity index (χ2v) is 4.19. The Bertz CT molecular complexity index is 527.